The molecule has 2 amide bonds. The Morgan fingerprint density at radius 2 is 1.74 bits per heavy atom. The zero-order chi connectivity index (χ0) is 21.8. The number of nitrogens with zero attached hydrogens (tertiary/aromatic N) is 4. The summed E-state index contributed by atoms with van der Waals surface area (Å²) in [5.74, 6) is 1.64. The molecule has 31 heavy (non-hydrogen) atoms. The number of ether oxygens (including phenoxy) is 1. The molecule has 4 rings (SSSR count). The molecule has 0 aliphatic rings. The maximum Gasteiger partial charge on any atom is 0.323 e. The van der Waals surface area contributed by atoms with Crippen molar-refractivity contribution in [3.05, 3.63) is 83.7 Å². The van der Waals surface area contributed by atoms with E-state index in [0.717, 1.165) is 11.4 Å². The van der Waals surface area contributed by atoms with E-state index in [9.17, 15) is 4.79 Å². The van der Waals surface area contributed by atoms with Crippen LogP contribution < -0.4 is 15.4 Å². The van der Waals surface area contributed by atoms with Crippen LogP contribution in [0.2, 0.25) is 5.02 Å². The number of aryl methyl sites for hydroxylation is 1. The van der Waals surface area contributed by atoms with Gasteiger partial charge in [-0.3, -0.25) is 4.57 Å². The second-order valence-electron chi connectivity index (χ2n) is 6.72. The number of amides is 2. The lowest BCUT2D eigenvalue weighted by molar-refractivity contribution is 0.262. The number of carbonyl (C=O) groups excluding carboxylic acids is 1. The van der Waals surface area contributed by atoms with Gasteiger partial charge in [-0.25, -0.2) is 19.7 Å². The number of imidazole rings is 1. The van der Waals surface area contributed by atoms with Crippen molar-refractivity contribution in [1.82, 2.24) is 19.5 Å². The summed E-state index contributed by atoms with van der Waals surface area (Å²) in [7, 11) is 0. The van der Waals surface area contributed by atoms with Crippen LogP contribution in [0.15, 0.2) is 67.3 Å². The molecule has 2 N–H and O–H groups in total. The number of carbonyl (C=O) groups is 1. The van der Waals surface area contributed by atoms with E-state index in [-0.39, 0.29) is 6.03 Å². The van der Waals surface area contributed by atoms with Gasteiger partial charge in [-0.15, -0.1) is 0 Å². The number of rotatable bonds is 5. The fraction of sp³-hybridized carbons (Fsp3) is 0.0909. The third kappa shape index (κ3) is 4.99. The van der Waals surface area contributed by atoms with E-state index < -0.39 is 0 Å². The Kier molecular flexibility index (Phi) is 5.81. The zero-order valence-corrected chi connectivity index (χ0v) is 17.6. The van der Waals surface area contributed by atoms with Crippen LogP contribution in [0.25, 0.3) is 5.82 Å². The van der Waals surface area contributed by atoms with E-state index >= 15 is 0 Å². The topological polar surface area (TPSA) is 94.0 Å². The molecule has 0 spiro atoms. The third-order valence-corrected chi connectivity index (χ3v) is 4.78. The highest BCUT2D eigenvalue weighted by molar-refractivity contribution is 6.30. The monoisotopic (exact) mass is 434 g/mol. The molecular formula is C22H19ClN6O2. The van der Waals surface area contributed by atoms with Crippen LogP contribution in [-0.4, -0.2) is 25.6 Å². The molecule has 2 aromatic carbocycles. The van der Waals surface area contributed by atoms with E-state index in [1.54, 1.807) is 60.9 Å². The summed E-state index contributed by atoms with van der Waals surface area (Å²) in [6, 6.07) is 15.2. The Balaban J connectivity index is 1.40. The van der Waals surface area contributed by atoms with Crippen LogP contribution in [-0.2, 0) is 0 Å². The smallest absolute Gasteiger partial charge is 0.323 e. The van der Waals surface area contributed by atoms with E-state index in [1.165, 1.54) is 6.33 Å². The lowest BCUT2D eigenvalue weighted by Crippen LogP contribution is -2.19. The second kappa shape index (κ2) is 8.85. The average molecular weight is 435 g/mol. The minimum Gasteiger partial charge on any atom is -0.439 e. The first-order valence-electron chi connectivity index (χ1n) is 9.42. The first-order chi connectivity index (χ1) is 15.0. The maximum absolute atomic E-state index is 12.1. The summed E-state index contributed by atoms with van der Waals surface area (Å²) in [6.45, 7) is 3.91. The largest absolute Gasteiger partial charge is 0.439 e. The van der Waals surface area contributed by atoms with Crippen molar-refractivity contribution in [2.75, 3.05) is 10.6 Å². The molecule has 0 atom stereocenters. The van der Waals surface area contributed by atoms with E-state index in [4.69, 9.17) is 16.3 Å². The molecule has 0 aliphatic heterocycles. The van der Waals surface area contributed by atoms with Crippen molar-refractivity contribution in [3.63, 3.8) is 0 Å². The summed E-state index contributed by atoms with van der Waals surface area (Å²) >= 11 is 5.93. The van der Waals surface area contributed by atoms with Gasteiger partial charge >= 0.3 is 6.03 Å². The van der Waals surface area contributed by atoms with E-state index in [0.29, 0.717) is 33.8 Å². The van der Waals surface area contributed by atoms with Gasteiger partial charge in [0.25, 0.3) is 0 Å². The number of anilines is 2. The normalized spacial score (nSPS) is 10.5. The standard InChI is InChI=1S/C22H19ClN6O2/c1-14-15(2)29(13-26-14)20-11-21(25-12-24-20)31-19-8-6-17(7-9-19)27-22(30)28-18-5-3-4-16(23)10-18/h3-13H,1-2H3,(H2,27,28,30). The van der Waals surface area contributed by atoms with Crippen molar-refractivity contribution in [3.8, 4) is 17.4 Å². The Morgan fingerprint density at radius 1 is 0.968 bits per heavy atom. The Labute approximate surface area is 183 Å². The van der Waals surface area contributed by atoms with Crippen LogP contribution in [0.3, 0.4) is 0 Å². The highest BCUT2D eigenvalue weighted by Gasteiger charge is 2.09. The minimum atomic E-state index is -0.373. The van der Waals surface area contributed by atoms with Crippen molar-refractivity contribution < 1.29 is 9.53 Å². The Bertz CT molecular complexity index is 1220. The fourth-order valence-corrected chi connectivity index (χ4v) is 3.02. The maximum atomic E-state index is 12.1. The first kappa shape index (κ1) is 20.4. The number of aromatic nitrogens is 4. The molecule has 0 aliphatic carbocycles. The number of benzene rings is 2. The molecule has 9 heteroatoms. The van der Waals surface area contributed by atoms with Crippen LogP contribution in [0.5, 0.6) is 11.6 Å². The van der Waals surface area contributed by atoms with Crippen molar-refractivity contribution >= 4 is 29.0 Å². The zero-order valence-electron chi connectivity index (χ0n) is 16.8. The van der Waals surface area contributed by atoms with Crippen molar-refractivity contribution in [2.24, 2.45) is 0 Å². The summed E-state index contributed by atoms with van der Waals surface area (Å²) in [5.41, 5.74) is 3.15. The molecule has 4 aromatic rings. The van der Waals surface area contributed by atoms with Crippen molar-refractivity contribution in [1.29, 1.82) is 0 Å². The van der Waals surface area contributed by atoms with Gasteiger partial charge in [-0.1, -0.05) is 17.7 Å². The summed E-state index contributed by atoms with van der Waals surface area (Å²) in [6.07, 6.45) is 3.15. The molecule has 156 valence electrons. The molecule has 2 aromatic heterocycles. The molecule has 2 heterocycles. The average Bonchev–Trinajstić information content (AvgIpc) is 3.08. The second-order valence-corrected chi connectivity index (χ2v) is 7.15. The van der Waals surface area contributed by atoms with Gasteiger partial charge in [0.05, 0.1) is 5.69 Å². The Hall–Kier alpha value is -3.91. The van der Waals surface area contributed by atoms with E-state index in [2.05, 4.69) is 25.6 Å². The number of halogens is 1. The molecular weight excluding hydrogens is 416 g/mol. The number of hydrogen-bond acceptors (Lipinski definition) is 5. The quantitative estimate of drug-likeness (QED) is 0.440. The third-order valence-electron chi connectivity index (χ3n) is 4.54. The predicted octanol–water partition coefficient (Wildman–Crippen LogP) is 5.37. The highest BCUT2D eigenvalue weighted by Crippen LogP contribution is 2.23. The number of urea groups is 1. The molecule has 0 bridgehead atoms. The molecule has 0 unspecified atom stereocenters. The van der Waals surface area contributed by atoms with E-state index in [1.807, 2.05) is 18.4 Å². The lowest BCUT2D eigenvalue weighted by atomic mass is 10.3. The van der Waals surface area contributed by atoms with Crippen LogP contribution in [0, 0.1) is 13.8 Å². The highest BCUT2D eigenvalue weighted by atomic mass is 35.5. The van der Waals surface area contributed by atoms with Crippen molar-refractivity contribution in [2.45, 2.75) is 13.8 Å². The fourth-order valence-electron chi connectivity index (χ4n) is 2.83. The van der Waals surface area contributed by atoms with Gasteiger partial charge in [-0.2, -0.15) is 0 Å². The number of hydrogen-bond donors (Lipinski definition) is 2. The van der Waals surface area contributed by atoms with Gasteiger partial charge in [0.2, 0.25) is 5.88 Å². The molecule has 8 nitrogen and oxygen atoms in total. The first-order valence-corrected chi connectivity index (χ1v) is 9.80. The lowest BCUT2D eigenvalue weighted by Gasteiger charge is -2.10. The summed E-state index contributed by atoms with van der Waals surface area (Å²) in [4.78, 5) is 24.9. The number of nitrogens with one attached hydrogen (secondary N) is 2. The van der Waals surface area contributed by atoms with Crippen LogP contribution in [0.4, 0.5) is 16.2 Å². The van der Waals surface area contributed by atoms with Gasteiger partial charge in [0.15, 0.2) is 0 Å². The van der Waals surface area contributed by atoms with Crippen LogP contribution in [0.1, 0.15) is 11.4 Å². The molecule has 0 saturated heterocycles. The minimum absolute atomic E-state index is 0.373. The SMILES string of the molecule is Cc1ncn(-c2cc(Oc3ccc(NC(=O)Nc4cccc(Cl)c4)cc3)ncn2)c1C. The molecule has 0 saturated carbocycles. The van der Waals surface area contributed by atoms with Gasteiger partial charge in [0, 0.05) is 28.2 Å². The van der Waals surface area contributed by atoms with Crippen LogP contribution >= 0.6 is 11.6 Å². The van der Waals surface area contributed by atoms with Gasteiger partial charge in [-0.05, 0) is 56.3 Å². The summed E-state index contributed by atoms with van der Waals surface area (Å²) < 4.78 is 7.70. The predicted molar refractivity (Wildman–Crippen MR) is 119 cm³/mol. The summed E-state index contributed by atoms with van der Waals surface area (Å²) in [5, 5.41) is 6.03. The molecule has 0 fully saturated rings. The molecule has 0 radical (unpaired) electrons. The van der Waals surface area contributed by atoms with Gasteiger partial charge < -0.3 is 15.4 Å². The Morgan fingerprint density at radius 3 is 2.45 bits per heavy atom. The van der Waals surface area contributed by atoms with Gasteiger partial charge in [0.1, 0.15) is 24.2 Å².